The average molecular weight is 380 g/mol. The highest BCUT2D eigenvalue weighted by atomic mass is 32.1. The average Bonchev–Trinajstić information content (AvgIpc) is 3.32. The number of nitrogens with zero attached hydrogens (tertiary/aromatic N) is 3. The summed E-state index contributed by atoms with van der Waals surface area (Å²) in [4.78, 5) is 16.4. The number of nitriles is 1. The van der Waals surface area contributed by atoms with Crippen LogP contribution in [0.2, 0.25) is 0 Å². The number of amides is 1. The smallest absolute Gasteiger partial charge is 0.407 e. The summed E-state index contributed by atoms with van der Waals surface area (Å²) in [6.45, 7) is 4.35. The number of carbonyl (C=O) groups excluding carboxylic acids is 1. The molecular formula is C20H20N4O2S. The lowest BCUT2D eigenvalue weighted by Gasteiger charge is -2.15. The summed E-state index contributed by atoms with van der Waals surface area (Å²) >= 11 is 1.58. The number of thiazole rings is 1. The van der Waals surface area contributed by atoms with Crippen molar-refractivity contribution in [3.8, 4) is 6.07 Å². The maximum absolute atomic E-state index is 12.0. The van der Waals surface area contributed by atoms with Gasteiger partial charge in [-0.1, -0.05) is 0 Å². The van der Waals surface area contributed by atoms with Gasteiger partial charge in [0.15, 0.2) is 0 Å². The Labute approximate surface area is 161 Å². The Kier molecular flexibility index (Phi) is 4.58. The van der Waals surface area contributed by atoms with Crippen LogP contribution in [-0.4, -0.2) is 27.8 Å². The third kappa shape index (κ3) is 3.40. The minimum absolute atomic E-state index is 0.00178. The molecule has 3 aromatic rings. The number of aromatic nitrogens is 2. The number of rotatable bonds is 4. The normalized spacial score (nSPS) is 15.7. The summed E-state index contributed by atoms with van der Waals surface area (Å²) in [7, 11) is 0. The van der Waals surface area contributed by atoms with E-state index in [4.69, 9.17) is 4.74 Å². The highest BCUT2D eigenvalue weighted by Gasteiger charge is 2.30. The summed E-state index contributed by atoms with van der Waals surface area (Å²) in [5.41, 5.74) is 7.00. The van der Waals surface area contributed by atoms with Crippen LogP contribution in [0, 0.1) is 11.3 Å². The second-order valence-electron chi connectivity index (χ2n) is 7.04. The molecule has 0 unspecified atom stereocenters. The number of hydrogen-bond donors (Lipinski definition) is 1. The molecule has 1 amide bonds. The van der Waals surface area contributed by atoms with Crippen LogP contribution in [0.4, 0.5) is 4.79 Å². The topological polar surface area (TPSA) is 79.9 Å². The lowest BCUT2D eigenvalue weighted by atomic mass is 10.1. The second kappa shape index (κ2) is 7.05. The second-order valence-corrected chi connectivity index (χ2v) is 7.76. The van der Waals surface area contributed by atoms with E-state index < -0.39 is 0 Å². The van der Waals surface area contributed by atoms with Crippen molar-refractivity contribution in [3.63, 3.8) is 0 Å². The number of benzene rings is 1. The van der Waals surface area contributed by atoms with Gasteiger partial charge in [-0.15, -0.1) is 11.3 Å². The number of hydrogen-bond acceptors (Lipinski definition) is 5. The van der Waals surface area contributed by atoms with Crippen LogP contribution < -0.4 is 5.32 Å². The first-order valence-corrected chi connectivity index (χ1v) is 9.87. The molecule has 1 N–H and O–H groups in total. The number of carbonyl (C=O) groups is 1. The number of nitrogens with one attached hydrogen (secondary N) is 1. The summed E-state index contributed by atoms with van der Waals surface area (Å²) in [6.07, 6.45) is 0.945. The highest BCUT2D eigenvalue weighted by Crippen LogP contribution is 2.34. The van der Waals surface area contributed by atoms with E-state index in [1.807, 2.05) is 42.9 Å². The molecule has 0 fully saturated rings. The van der Waals surface area contributed by atoms with Crippen molar-refractivity contribution < 1.29 is 9.53 Å². The Hall–Kier alpha value is -2.85. The molecule has 27 heavy (non-hydrogen) atoms. The molecule has 0 bridgehead atoms. The predicted octanol–water partition coefficient (Wildman–Crippen LogP) is 3.62. The molecule has 7 heteroatoms. The SMILES string of the molecule is CC(C)OC(=O)N[C@@H]1Cc2c(n(Cc3cscn3)c3ccc(C#N)cc23)C1. The predicted molar refractivity (Wildman–Crippen MR) is 104 cm³/mol. The van der Waals surface area contributed by atoms with Gasteiger partial charge in [-0.2, -0.15) is 5.26 Å². The van der Waals surface area contributed by atoms with Gasteiger partial charge in [-0.05, 0) is 44.0 Å². The van der Waals surface area contributed by atoms with Crippen LogP contribution in [0.1, 0.15) is 36.4 Å². The number of alkyl carbamates (subject to hydrolysis) is 1. The molecule has 1 aliphatic carbocycles. The summed E-state index contributed by atoms with van der Waals surface area (Å²) < 4.78 is 7.48. The lowest BCUT2D eigenvalue weighted by Crippen LogP contribution is -2.37. The fourth-order valence-corrected chi connectivity index (χ4v) is 4.28. The van der Waals surface area contributed by atoms with Crippen LogP contribution >= 0.6 is 11.3 Å². The third-order valence-electron chi connectivity index (χ3n) is 4.77. The van der Waals surface area contributed by atoms with Crippen LogP contribution in [0.25, 0.3) is 10.9 Å². The van der Waals surface area contributed by atoms with Crippen molar-refractivity contribution in [1.82, 2.24) is 14.9 Å². The molecule has 2 aromatic heterocycles. The molecule has 1 atom stereocenters. The van der Waals surface area contributed by atoms with Crippen molar-refractivity contribution >= 4 is 28.3 Å². The van der Waals surface area contributed by atoms with E-state index >= 15 is 0 Å². The molecule has 0 saturated heterocycles. The standard InChI is InChI=1S/C20H20N4O2S/c1-12(2)26-20(25)23-14-6-17-16-5-13(8-21)3-4-18(16)24(19(17)7-14)9-15-10-27-11-22-15/h3-5,10-12,14H,6-7,9H2,1-2H3,(H,23,25)/t14-/m1/s1. The van der Waals surface area contributed by atoms with E-state index in [-0.39, 0.29) is 18.2 Å². The van der Waals surface area contributed by atoms with Gasteiger partial charge in [0.1, 0.15) is 0 Å². The van der Waals surface area contributed by atoms with Crippen molar-refractivity contribution in [2.24, 2.45) is 0 Å². The molecule has 0 spiro atoms. The monoisotopic (exact) mass is 380 g/mol. The number of ether oxygens (including phenoxy) is 1. The first-order valence-electron chi connectivity index (χ1n) is 8.93. The van der Waals surface area contributed by atoms with E-state index in [1.165, 1.54) is 11.3 Å². The first-order chi connectivity index (χ1) is 13.0. The van der Waals surface area contributed by atoms with Crippen molar-refractivity contribution in [2.45, 2.75) is 45.4 Å². The maximum Gasteiger partial charge on any atom is 0.407 e. The largest absolute Gasteiger partial charge is 0.447 e. The molecule has 1 aliphatic rings. The van der Waals surface area contributed by atoms with Gasteiger partial charge in [0.2, 0.25) is 0 Å². The van der Waals surface area contributed by atoms with E-state index in [1.54, 1.807) is 11.3 Å². The Morgan fingerprint density at radius 1 is 1.48 bits per heavy atom. The van der Waals surface area contributed by atoms with Crippen LogP contribution in [0.5, 0.6) is 0 Å². The molecule has 1 aromatic carbocycles. The van der Waals surface area contributed by atoms with Crippen molar-refractivity contribution in [3.05, 3.63) is 51.6 Å². The Balaban J connectivity index is 1.69. The zero-order valence-electron chi connectivity index (χ0n) is 15.2. The summed E-state index contributed by atoms with van der Waals surface area (Å²) in [5, 5.41) is 15.4. The van der Waals surface area contributed by atoms with E-state index in [2.05, 4.69) is 20.9 Å². The Morgan fingerprint density at radius 3 is 3.04 bits per heavy atom. The van der Waals surface area contributed by atoms with Gasteiger partial charge in [-0.25, -0.2) is 9.78 Å². The molecule has 0 aliphatic heterocycles. The number of fused-ring (bicyclic) bond motifs is 3. The molecule has 0 saturated carbocycles. The zero-order valence-corrected chi connectivity index (χ0v) is 16.0. The van der Waals surface area contributed by atoms with Crippen molar-refractivity contribution in [2.75, 3.05) is 0 Å². The van der Waals surface area contributed by atoms with Gasteiger partial charge >= 0.3 is 6.09 Å². The van der Waals surface area contributed by atoms with Crippen LogP contribution in [0.15, 0.2) is 29.1 Å². The quantitative estimate of drug-likeness (QED) is 0.750. The Morgan fingerprint density at radius 2 is 2.33 bits per heavy atom. The fourth-order valence-electron chi connectivity index (χ4n) is 3.73. The maximum atomic E-state index is 12.0. The molecule has 138 valence electrons. The van der Waals surface area contributed by atoms with E-state index in [9.17, 15) is 10.1 Å². The van der Waals surface area contributed by atoms with Gasteiger partial charge < -0.3 is 14.6 Å². The third-order valence-corrected chi connectivity index (χ3v) is 5.41. The molecule has 6 nitrogen and oxygen atoms in total. The van der Waals surface area contributed by atoms with Gasteiger partial charge in [-0.3, -0.25) is 0 Å². The van der Waals surface area contributed by atoms with E-state index in [0.717, 1.165) is 29.4 Å². The van der Waals surface area contributed by atoms with Gasteiger partial charge in [0.25, 0.3) is 0 Å². The van der Waals surface area contributed by atoms with E-state index in [0.29, 0.717) is 12.1 Å². The van der Waals surface area contributed by atoms with Gasteiger partial charge in [0.05, 0.1) is 35.5 Å². The van der Waals surface area contributed by atoms with Crippen LogP contribution in [0.3, 0.4) is 0 Å². The van der Waals surface area contributed by atoms with Gasteiger partial charge in [0, 0.05) is 34.4 Å². The molecular weight excluding hydrogens is 360 g/mol. The minimum atomic E-state index is -0.381. The first kappa shape index (κ1) is 17.6. The summed E-state index contributed by atoms with van der Waals surface area (Å²) in [6, 6.07) is 8.02. The zero-order chi connectivity index (χ0) is 19.0. The lowest BCUT2D eigenvalue weighted by molar-refractivity contribution is 0.112. The summed E-state index contributed by atoms with van der Waals surface area (Å²) in [5.74, 6) is 0. The fraction of sp³-hybridized carbons (Fsp3) is 0.350. The molecule has 4 rings (SSSR count). The van der Waals surface area contributed by atoms with Crippen molar-refractivity contribution in [1.29, 1.82) is 5.26 Å². The minimum Gasteiger partial charge on any atom is -0.447 e. The Bertz CT molecular complexity index is 1030. The van der Waals surface area contributed by atoms with Crippen LogP contribution in [-0.2, 0) is 24.1 Å². The molecule has 2 heterocycles. The highest BCUT2D eigenvalue weighted by molar-refractivity contribution is 7.07. The molecule has 0 radical (unpaired) electrons.